The Morgan fingerprint density at radius 3 is 2.32 bits per heavy atom. The van der Waals surface area contributed by atoms with Crippen molar-refractivity contribution in [1.29, 1.82) is 0 Å². The van der Waals surface area contributed by atoms with E-state index in [-0.39, 0.29) is 0 Å². The van der Waals surface area contributed by atoms with Crippen LogP contribution in [0.3, 0.4) is 0 Å². The minimum atomic E-state index is 0.931. The lowest BCUT2D eigenvalue weighted by Gasteiger charge is -2.14. The van der Waals surface area contributed by atoms with Crippen LogP contribution in [-0.2, 0) is 0 Å². The van der Waals surface area contributed by atoms with E-state index in [1.165, 1.54) is 16.8 Å². The molecule has 0 bridgehead atoms. The van der Waals surface area contributed by atoms with Crippen molar-refractivity contribution in [2.75, 3.05) is 0 Å². The number of aryl methyl sites for hydroxylation is 2. The highest BCUT2D eigenvalue weighted by Gasteiger charge is 2.13. The molecule has 0 radical (unpaired) electrons. The Balaban J connectivity index is 1.69. The topological polar surface area (TPSA) is 35.6 Å². The van der Waals surface area contributed by atoms with E-state index < -0.39 is 0 Å². The van der Waals surface area contributed by atoms with Crippen LogP contribution in [-0.4, -0.2) is 19.1 Å². The maximum atomic E-state index is 4.67. The summed E-state index contributed by atoms with van der Waals surface area (Å²) in [7, 11) is 0. The maximum absolute atomic E-state index is 4.67. The highest BCUT2D eigenvalue weighted by molar-refractivity contribution is 5.82. The van der Waals surface area contributed by atoms with Crippen LogP contribution in [0.5, 0.6) is 0 Å². The second-order valence-corrected chi connectivity index (χ2v) is 7.01. The van der Waals surface area contributed by atoms with Gasteiger partial charge in [0.1, 0.15) is 12.2 Å². The predicted molar refractivity (Wildman–Crippen MR) is 113 cm³/mol. The summed E-state index contributed by atoms with van der Waals surface area (Å²) in [5.41, 5.74) is 7.85. The van der Waals surface area contributed by atoms with Gasteiger partial charge in [-0.1, -0.05) is 36.4 Å². The van der Waals surface area contributed by atoms with Crippen molar-refractivity contribution in [3.05, 3.63) is 96.6 Å². The summed E-state index contributed by atoms with van der Waals surface area (Å²) in [5, 5.41) is 0. The largest absolute Gasteiger partial charge is 0.299 e. The van der Waals surface area contributed by atoms with Crippen LogP contribution in [0.2, 0.25) is 0 Å². The minimum absolute atomic E-state index is 0.931. The number of benzene rings is 3. The molecule has 28 heavy (non-hydrogen) atoms. The van der Waals surface area contributed by atoms with Gasteiger partial charge in [0.25, 0.3) is 0 Å². The standard InChI is InChI=1S/C24H20N4/c1-17-7-6-8-18(2)23(17)27-14-13-25-24(27)19-11-12-21-22(15-19)28(16-26-21)20-9-4-3-5-10-20/h3-16H,1-2H3. The van der Waals surface area contributed by atoms with Crippen LogP contribution in [0.1, 0.15) is 11.1 Å². The fourth-order valence-electron chi connectivity index (χ4n) is 3.82. The zero-order valence-corrected chi connectivity index (χ0v) is 15.9. The molecule has 2 aromatic heterocycles. The average molecular weight is 364 g/mol. The first-order valence-corrected chi connectivity index (χ1v) is 9.35. The highest BCUT2D eigenvalue weighted by Crippen LogP contribution is 2.28. The van der Waals surface area contributed by atoms with Crippen molar-refractivity contribution in [1.82, 2.24) is 19.1 Å². The maximum Gasteiger partial charge on any atom is 0.144 e. The molecule has 0 N–H and O–H groups in total. The zero-order chi connectivity index (χ0) is 19.1. The van der Waals surface area contributed by atoms with E-state index in [0.717, 1.165) is 28.1 Å². The highest BCUT2D eigenvalue weighted by atomic mass is 15.1. The number of hydrogen-bond donors (Lipinski definition) is 0. The van der Waals surface area contributed by atoms with E-state index in [2.05, 4.69) is 81.5 Å². The molecule has 0 aliphatic carbocycles. The molecular formula is C24H20N4. The van der Waals surface area contributed by atoms with Crippen LogP contribution in [0.25, 0.3) is 33.8 Å². The minimum Gasteiger partial charge on any atom is -0.299 e. The number of fused-ring (bicyclic) bond motifs is 1. The van der Waals surface area contributed by atoms with Crippen molar-refractivity contribution in [3.8, 4) is 22.8 Å². The van der Waals surface area contributed by atoms with Crippen LogP contribution in [0, 0.1) is 13.8 Å². The lowest BCUT2D eigenvalue weighted by Crippen LogP contribution is -2.01. The number of nitrogens with zero attached hydrogens (tertiary/aromatic N) is 4. The molecule has 0 saturated heterocycles. The van der Waals surface area contributed by atoms with Crippen molar-refractivity contribution in [2.45, 2.75) is 13.8 Å². The Kier molecular flexibility index (Phi) is 3.83. The second-order valence-electron chi connectivity index (χ2n) is 7.01. The molecule has 136 valence electrons. The summed E-state index contributed by atoms with van der Waals surface area (Å²) in [5.74, 6) is 0.931. The lowest BCUT2D eigenvalue weighted by molar-refractivity contribution is 1.03. The fraction of sp³-hybridized carbons (Fsp3) is 0.0833. The van der Waals surface area contributed by atoms with Gasteiger partial charge in [0.05, 0.1) is 16.7 Å². The van der Waals surface area contributed by atoms with E-state index in [1.54, 1.807) is 0 Å². The van der Waals surface area contributed by atoms with Crippen LogP contribution >= 0.6 is 0 Å². The van der Waals surface area contributed by atoms with Gasteiger partial charge in [-0.15, -0.1) is 0 Å². The number of aromatic nitrogens is 4. The van der Waals surface area contributed by atoms with Gasteiger partial charge < -0.3 is 0 Å². The zero-order valence-electron chi connectivity index (χ0n) is 15.9. The summed E-state index contributed by atoms with van der Waals surface area (Å²) >= 11 is 0. The predicted octanol–water partition coefficient (Wildman–Crippen LogP) is 5.50. The summed E-state index contributed by atoms with van der Waals surface area (Å²) < 4.78 is 4.29. The number of para-hydroxylation sites is 2. The molecule has 0 aliphatic rings. The molecule has 3 aromatic carbocycles. The molecule has 2 heterocycles. The first-order valence-electron chi connectivity index (χ1n) is 9.35. The normalized spacial score (nSPS) is 11.2. The molecule has 0 spiro atoms. The third-order valence-corrected chi connectivity index (χ3v) is 5.16. The molecule has 5 aromatic rings. The van der Waals surface area contributed by atoms with E-state index in [9.17, 15) is 0 Å². The summed E-state index contributed by atoms with van der Waals surface area (Å²) in [6, 6.07) is 23.0. The third-order valence-electron chi connectivity index (χ3n) is 5.16. The molecule has 4 heteroatoms. The SMILES string of the molecule is Cc1cccc(C)c1-n1ccnc1-c1ccc2ncn(-c3ccccc3)c2c1. The van der Waals surface area contributed by atoms with Crippen molar-refractivity contribution >= 4 is 11.0 Å². The number of rotatable bonds is 3. The molecule has 4 nitrogen and oxygen atoms in total. The van der Waals surface area contributed by atoms with E-state index >= 15 is 0 Å². The van der Waals surface area contributed by atoms with Crippen LogP contribution in [0.4, 0.5) is 0 Å². The van der Waals surface area contributed by atoms with Crippen molar-refractivity contribution in [3.63, 3.8) is 0 Å². The van der Waals surface area contributed by atoms with Crippen LogP contribution < -0.4 is 0 Å². The lowest BCUT2D eigenvalue weighted by atomic mass is 10.1. The molecule has 0 atom stereocenters. The Labute approximate surface area is 163 Å². The number of imidazole rings is 2. The molecule has 0 amide bonds. The first-order chi connectivity index (χ1) is 13.7. The second kappa shape index (κ2) is 6.50. The van der Waals surface area contributed by atoms with E-state index in [1.807, 2.05) is 36.9 Å². The van der Waals surface area contributed by atoms with Crippen LogP contribution in [0.15, 0.2) is 85.5 Å². The summed E-state index contributed by atoms with van der Waals surface area (Å²) in [6.45, 7) is 4.28. The van der Waals surface area contributed by atoms with Gasteiger partial charge in [-0.2, -0.15) is 0 Å². The van der Waals surface area contributed by atoms with Gasteiger partial charge >= 0.3 is 0 Å². The monoisotopic (exact) mass is 364 g/mol. The van der Waals surface area contributed by atoms with Gasteiger partial charge in [-0.05, 0) is 55.3 Å². The molecule has 0 saturated carbocycles. The smallest absolute Gasteiger partial charge is 0.144 e. The summed E-state index contributed by atoms with van der Waals surface area (Å²) in [4.78, 5) is 9.23. The molecule has 0 fully saturated rings. The fourth-order valence-corrected chi connectivity index (χ4v) is 3.82. The Hall–Kier alpha value is -3.66. The van der Waals surface area contributed by atoms with Gasteiger partial charge in [-0.25, -0.2) is 9.97 Å². The van der Waals surface area contributed by atoms with E-state index in [4.69, 9.17) is 0 Å². The third kappa shape index (κ3) is 2.62. The van der Waals surface area contributed by atoms with Gasteiger partial charge in [0.2, 0.25) is 0 Å². The van der Waals surface area contributed by atoms with Gasteiger partial charge in [0, 0.05) is 23.6 Å². The molecular weight excluding hydrogens is 344 g/mol. The Bertz CT molecular complexity index is 1260. The van der Waals surface area contributed by atoms with E-state index in [0.29, 0.717) is 0 Å². The molecule has 0 aliphatic heterocycles. The Morgan fingerprint density at radius 2 is 1.54 bits per heavy atom. The van der Waals surface area contributed by atoms with Crippen molar-refractivity contribution < 1.29 is 0 Å². The average Bonchev–Trinajstić information content (AvgIpc) is 3.35. The Morgan fingerprint density at radius 1 is 0.750 bits per heavy atom. The molecule has 0 unspecified atom stereocenters. The molecule has 5 rings (SSSR count). The number of hydrogen-bond acceptors (Lipinski definition) is 2. The van der Waals surface area contributed by atoms with Gasteiger partial charge in [0.15, 0.2) is 0 Å². The van der Waals surface area contributed by atoms with Crippen molar-refractivity contribution in [2.24, 2.45) is 0 Å². The van der Waals surface area contributed by atoms with Gasteiger partial charge in [-0.3, -0.25) is 9.13 Å². The summed E-state index contributed by atoms with van der Waals surface area (Å²) in [6.07, 6.45) is 5.77. The quantitative estimate of drug-likeness (QED) is 0.424. The first kappa shape index (κ1) is 16.5.